The van der Waals surface area contributed by atoms with Crippen LogP contribution in [0.3, 0.4) is 0 Å². The van der Waals surface area contributed by atoms with Crippen LogP contribution in [0.25, 0.3) is 10.9 Å². The lowest BCUT2D eigenvalue weighted by atomic mass is 9.83. The number of hydrogen-bond donors (Lipinski definition) is 1. The molecule has 1 aromatic heterocycles. The van der Waals surface area contributed by atoms with Gasteiger partial charge in [0.05, 0.1) is 5.52 Å². The Morgan fingerprint density at radius 2 is 2.00 bits per heavy atom. The van der Waals surface area contributed by atoms with Crippen molar-refractivity contribution in [2.45, 2.75) is 31.7 Å². The summed E-state index contributed by atoms with van der Waals surface area (Å²) >= 11 is 0. The van der Waals surface area contributed by atoms with Gasteiger partial charge in [-0.3, -0.25) is 0 Å². The molecule has 0 aliphatic heterocycles. The van der Waals surface area contributed by atoms with Crippen LogP contribution in [0.5, 0.6) is 0 Å². The molecule has 1 fully saturated rings. The average molecular weight is 270 g/mol. The van der Waals surface area contributed by atoms with E-state index in [1.807, 2.05) is 18.2 Å². The summed E-state index contributed by atoms with van der Waals surface area (Å²) in [5.74, 6) is 1.60. The summed E-state index contributed by atoms with van der Waals surface area (Å²) in [6.07, 6.45) is 6.69. The van der Waals surface area contributed by atoms with Gasteiger partial charge in [0.25, 0.3) is 0 Å². The molecule has 1 aliphatic rings. The van der Waals surface area contributed by atoms with Gasteiger partial charge in [-0.25, -0.2) is 9.97 Å². The molecule has 0 bridgehead atoms. The summed E-state index contributed by atoms with van der Waals surface area (Å²) in [6, 6.07) is 8.69. The molecular formula is C16H22N4. The Kier molecular flexibility index (Phi) is 3.83. The molecule has 106 valence electrons. The van der Waals surface area contributed by atoms with Gasteiger partial charge in [-0.15, -0.1) is 0 Å². The molecule has 1 saturated carbocycles. The maximum Gasteiger partial charge on any atom is 0.139 e. The van der Waals surface area contributed by atoms with Gasteiger partial charge in [-0.05, 0) is 37.4 Å². The third-order valence-corrected chi connectivity index (χ3v) is 4.53. The molecule has 4 heteroatoms. The second-order valence-corrected chi connectivity index (χ2v) is 5.67. The number of anilines is 1. The standard InChI is InChI=1S/C16H22N4/c1-20(15-9-5-2-6-12(15)10-17)16-13-7-3-4-8-14(13)18-11-19-16/h3-4,7-8,11-12,15H,2,5-6,9-10,17H2,1H3. The minimum absolute atomic E-state index is 0.493. The molecule has 0 radical (unpaired) electrons. The zero-order valence-electron chi connectivity index (χ0n) is 12.0. The van der Waals surface area contributed by atoms with Crippen LogP contribution in [0.1, 0.15) is 25.7 Å². The highest BCUT2D eigenvalue weighted by atomic mass is 15.2. The van der Waals surface area contributed by atoms with Crippen molar-refractivity contribution in [3.05, 3.63) is 30.6 Å². The number of rotatable bonds is 3. The fraction of sp³-hybridized carbons (Fsp3) is 0.500. The lowest BCUT2D eigenvalue weighted by Gasteiger charge is -2.38. The minimum Gasteiger partial charge on any atom is -0.356 e. The zero-order valence-corrected chi connectivity index (χ0v) is 12.0. The molecule has 20 heavy (non-hydrogen) atoms. The maximum atomic E-state index is 5.96. The van der Waals surface area contributed by atoms with Crippen molar-refractivity contribution in [1.82, 2.24) is 9.97 Å². The second kappa shape index (κ2) is 5.75. The number of benzene rings is 1. The van der Waals surface area contributed by atoms with E-state index in [-0.39, 0.29) is 0 Å². The molecule has 0 spiro atoms. The third kappa shape index (κ3) is 2.36. The van der Waals surface area contributed by atoms with Crippen LogP contribution >= 0.6 is 0 Å². The van der Waals surface area contributed by atoms with Gasteiger partial charge in [0.15, 0.2) is 0 Å². The number of nitrogens with two attached hydrogens (primary N) is 1. The highest BCUT2D eigenvalue weighted by Gasteiger charge is 2.28. The Morgan fingerprint density at radius 3 is 2.85 bits per heavy atom. The lowest BCUT2D eigenvalue weighted by Crippen LogP contribution is -2.43. The number of fused-ring (bicyclic) bond motifs is 1. The smallest absolute Gasteiger partial charge is 0.139 e. The van der Waals surface area contributed by atoms with Crippen LogP contribution in [0.15, 0.2) is 30.6 Å². The largest absolute Gasteiger partial charge is 0.356 e. The first-order chi connectivity index (χ1) is 9.81. The molecule has 2 N–H and O–H groups in total. The van der Waals surface area contributed by atoms with Gasteiger partial charge >= 0.3 is 0 Å². The number of nitrogens with zero attached hydrogens (tertiary/aromatic N) is 3. The second-order valence-electron chi connectivity index (χ2n) is 5.67. The summed E-state index contributed by atoms with van der Waals surface area (Å²) in [5.41, 5.74) is 6.97. The summed E-state index contributed by atoms with van der Waals surface area (Å²) in [5, 5.41) is 1.12. The van der Waals surface area contributed by atoms with E-state index in [1.165, 1.54) is 25.7 Å². The molecule has 1 aromatic carbocycles. The van der Waals surface area contributed by atoms with Gasteiger partial charge in [-0.1, -0.05) is 25.0 Å². The molecule has 0 saturated heterocycles. The number of para-hydroxylation sites is 1. The molecule has 2 unspecified atom stereocenters. The van der Waals surface area contributed by atoms with Crippen molar-refractivity contribution < 1.29 is 0 Å². The Labute approximate surface area is 120 Å². The van der Waals surface area contributed by atoms with E-state index in [0.717, 1.165) is 23.3 Å². The molecule has 1 heterocycles. The quantitative estimate of drug-likeness (QED) is 0.931. The Balaban J connectivity index is 1.97. The first-order valence-corrected chi connectivity index (χ1v) is 7.44. The molecule has 4 nitrogen and oxygen atoms in total. The van der Waals surface area contributed by atoms with Crippen LogP contribution in [0.2, 0.25) is 0 Å². The van der Waals surface area contributed by atoms with Gasteiger partial charge in [-0.2, -0.15) is 0 Å². The van der Waals surface area contributed by atoms with Crippen LogP contribution in [0.4, 0.5) is 5.82 Å². The van der Waals surface area contributed by atoms with Crippen molar-refractivity contribution in [1.29, 1.82) is 0 Å². The molecular weight excluding hydrogens is 248 g/mol. The Hall–Kier alpha value is -1.68. The van der Waals surface area contributed by atoms with Crippen molar-refractivity contribution in [3.8, 4) is 0 Å². The predicted octanol–water partition coefficient (Wildman–Crippen LogP) is 2.58. The van der Waals surface area contributed by atoms with Gasteiger partial charge in [0, 0.05) is 18.5 Å². The van der Waals surface area contributed by atoms with Crippen LogP contribution in [-0.4, -0.2) is 29.6 Å². The van der Waals surface area contributed by atoms with E-state index >= 15 is 0 Å². The van der Waals surface area contributed by atoms with Crippen molar-refractivity contribution >= 4 is 16.7 Å². The third-order valence-electron chi connectivity index (χ3n) is 4.53. The first kappa shape index (κ1) is 13.3. The van der Waals surface area contributed by atoms with Crippen molar-refractivity contribution in [2.75, 3.05) is 18.5 Å². The van der Waals surface area contributed by atoms with Gasteiger partial charge in [0.2, 0.25) is 0 Å². The highest BCUT2D eigenvalue weighted by molar-refractivity contribution is 5.89. The van der Waals surface area contributed by atoms with Gasteiger partial charge in [0.1, 0.15) is 12.1 Å². The zero-order chi connectivity index (χ0) is 13.9. The van der Waals surface area contributed by atoms with Crippen LogP contribution in [-0.2, 0) is 0 Å². The van der Waals surface area contributed by atoms with Crippen LogP contribution in [0, 0.1) is 5.92 Å². The van der Waals surface area contributed by atoms with E-state index in [1.54, 1.807) is 6.33 Å². The average Bonchev–Trinajstić information content (AvgIpc) is 2.53. The van der Waals surface area contributed by atoms with E-state index in [4.69, 9.17) is 5.73 Å². The normalized spacial score (nSPS) is 22.9. The molecule has 2 atom stereocenters. The highest BCUT2D eigenvalue weighted by Crippen LogP contribution is 2.31. The first-order valence-electron chi connectivity index (χ1n) is 7.44. The monoisotopic (exact) mass is 270 g/mol. The summed E-state index contributed by atoms with van der Waals surface area (Å²) in [7, 11) is 2.15. The number of hydrogen-bond acceptors (Lipinski definition) is 4. The van der Waals surface area contributed by atoms with E-state index in [0.29, 0.717) is 12.0 Å². The summed E-state index contributed by atoms with van der Waals surface area (Å²) < 4.78 is 0. The molecule has 3 rings (SSSR count). The van der Waals surface area contributed by atoms with Crippen molar-refractivity contribution in [2.24, 2.45) is 11.7 Å². The van der Waals surface area contributed by atoms with Crippen molar-refractivity contribution in [3.63, 3.8) is 0 Å². The number of aromatic nitrogens is 2. The summed E-state index contributed by atoms with van der Waals surface area (Å²) in [6.45, 7) is 0.762. The SMILES string of the molecule is CN(c1ncnc2ccccc12)C1CCCCC1CN. The predicted molar refractivity (Wildman–Crippen MR) is 82.7 cm³/mol. The fourth-order valence-corrected chi connectivity index (χ4v) is 3.40. The maximum absolute atomic E-state index is 5.96. The fourth-order valence-electron chi connectivity index (χ4n) is 3.40. The topological polar surface area (TPSA) is 55.0 Å². The molecule has 2 aromatic rings. The minimum atomic E-state index is 0.493. The van der Waals surface area contributed by atoms with Gasteiger partial charge < -0.3 is 10.6 Å². The van der Waals surface area contributed by atoms with E-state index in [2.05, 4.69) is 28.0 Å². The Morgan fingerprint density at radius 1 is 1.20 bits per heavy atom. The lowest BCUT2D eigenvalue weighted by molar-refractivity contribution is 0.306. The Bertz CT molecular complexity index is 578. The molecule has 0 amide bonds. The van der Waals surface area contributed by atoms with E-state index in [9.17, 15) is 0 Å². The van der Waals surface area contributed by atoms with Crippen LogP contribution < -0.4 is 10.6 Å². The van der Waals surface area contributed by atoms with E-state index < -0.39 is 0 Å². The summed E-state index contributed by atoms with van der Waals surface area (Å²) in [4.78, 5) is 11.2. The molecule has 1 aliphatic carbocycles.